The van der Waals surface area contributed by atoms with Crippen molar-refractivity contribution in [3.63, 3.8) is 0 Å². The molecule has 0 bridgehead atoms. The third kappa shape index (κ3) is 13.5. The summed E-state index contributed by atoms with van der Waals surface area (Å²) in [6.45, 7) is 24.9. The smallest absolute Gasteiger partial charge is 0.346 e. The number of carbonyl (C=O) groups is 1. The van der Waals surface area contributed by atoms with E-state index >= 15 is 0 Å². The van der Waals surface area contributed by atoms with Crippen LogP contribution < -0.4 is 10.2 Å². The van der Waals surface area contributed by atoms with Crippen LogP contribution in [0.25, 0.3) is 0 Å². The second-order valence-corrected chi connectivity index (χ2v) is 6.83. The maximum absolute atomic E-state index is 13.9. The van der Waals surface area contributed by atoms with Crippen LogP contribution in [0.15, 0.2) is 66.8 Å². The molecule has 0 spiro atoms. The lowest BCUT2D eigenvalue weighted by Crippen LogP contribution is -2.13. The van der Waals surface area contributed by atoms with Crippen LogP contribution in [0.3, 0.4) is 0 Å². The van der Waals surface area contributed by atoms with Crippen molar-refractivity contribution in [1.82, 2.24) is 0 Å². The second-order valence-electron chi connectivity index (χ2n) is 6.83. The molecule has 1 aromatic carbocycles. The highest BCUT2D eigenvalue weighted by Gasteiger charge is 2.20. The van der Waals surface area contributed by atoms with E-state index < -0.39 is 23.2 Å². The van der Waals surface area contributed by atoms with E-state index in [2.05, 4.69) is 33.9 Å². The van der Waals surface area contributed by atoms with Gasteiger partial charge in [0.15, 0.2) is 17.4 Å². The van der Waals surface area contributed by atoms with Gasteiger partial charge in [0.05, 0.1) is 5.57 Å². The van der Waals surface area contributed by atoms with E-state index in [1.807, 2.05) is 47.0 Å². The van der Waals surface area contributed by atoms with Gasteiger partial charge in [0.1, 0.15) is 5.69 Å². The summed E-state index contributed by atoms with van der Waals surface area (Å²) in [4.78, 5) is 12.1. The van der Waals surface area contributed by atoms with E-state index in [-0.39, 0.29) is 17.4 Å². The van der Waals surface area contributed by atoms with Gasteiger partial charge >= 0.3 is 5.97 Å². The third-order valence-electron chi connectivity index (χ3n) is 3.13. The number of benzene rings is 1. The minimum absolute atomic E-state index is 0.0195. The van der Waals surface area contributed by atoms with Crippen molar-refractivity contribution in [2.45, 2.75) is 68.2 Å². The number of esters is 1. The van der Waals surface area contributed by atoms with Crippen LogP contribution in [0.2, 0.25) is 0 Å². The van der Waals surface area contributed by atoms with Gasteiger partial charge in [-0.3, -0.25) is 10.7 Å². The molecule has 0 aliphatic rings. The van der Waals surface area contributed by atoms with E-state index in [0.717, 1.165) is 29.7 Å². The maximum Gasteiger partial charge on any atom is 0.346 e. The summed E-state index contributed by atoms with van der Waals surface area (Å²) in [7, 11) is 0. The molecule has 0 aromatic heterocycles. The first-order chi connectivity index (χ1) is 15.1. The van der Waals surface area contributed by atoms with E-state index in [9.17, 15) is 13.6 Å². The Balaban J connectivity index is -0.000000920. The van der Waals surface area contributed by atoms with Gasteiger partial charge in [0.25, 0.3) is 0 Å². The first-order valence-electron chi connectivity index (χ1n) is 10.9. The van der Waals surface area contributed by atoms with Gasteiger partial charge in [-0.25, -0.2) is 13.6 Å². The molecule has 0 fully saturated rings. The number of rotatable bonds is 7. The number of anilines is 1. The Kier molecular flexibility index (Phi) is 21.4. The van der Waals surface area contributed by atoms with Crippen LogP contribution in [0, 0.1) is 5.92 Å². The summed E-state index contributed by atoms with van der Waals surface area (Å²) in [5, 5.41) is 9.10. The summed E-state index contributed by atoms with van der Waals surface area (Å²) in [6, 6.07) is 4.76. The molecule has 2 N–H and O–H groups in total. The fraction of sp³-hybridized carbons (Fsp3) is 0.423. The molecule has 0 saturated heterocycles. The average molecular weight is 454 g/mol. The molecule has 0 aliphatic heterocycles. The fourth-order valence-corrected chi connectivity index (χ4v) is 1.80. The lowest BCUT2D eigenvalue weighted by molar-refractivity contribution is -0.129. The lowest BCUT2D eigenvalue weighted by atomic mass is 10.0. The molecule has 0 amide bonds. The minimum atomic E-state index is -1.41. The van der Waals surface area contributed by atoms with E-state index in [1.54, 1.807) is 6.07 Å². The Morgan fingerprint density at radius 3 is 1.94 bits per heavy atom. The monoisotopic (exact) mass is 453 g/mol. The highest BCUT2D eigenvalue weighted by Crippen LogP contribution is 2.30. The summed E-state index contributed by atoms with van der Waals surface area (Å²) in [5.41, 5.74) is 2.15. The number of hydrogen-bond donors (Lipinski definition) is 2. The predicted octanol–water partition coefficient (Wildman–Crippen LogP) is 8.68. The van der Waals surface area contributed by atoms with Gasteiger partial charge in [0.2, 0.25) is 0 Å². The number of allylic oxidation sites excluding steroid dienone is 4. The summed E-state index contributed by atoms with van der Waals surface area (Å²) < 4.78 is 32.5. The molecule has 0 aliphatic carbocycles. The van der Waals surface area contributed by atoms with Crippen LogP contribution in [0.4, 0.5) is 14.5 Å². The van der Waals surface area contributed by atoms with Gasteiger partial charge in [-0.15, -0.1) is 0 Å². The molecule has 0 unspecified atom stereocenters. The number of carbonyl (C=O) groups excluding carboxylic acids is 1. The van der Waals surface area contributed by atoms with Crippen molar-refractivity contribution < 1.29 is 23.5 Å². The third-order valence-corrected chi connectivity index (χ3v) is 3.13. The zero-order valence-electron chi connectivity index (χ0n) is 21.1. The van der Waals surface area contributed by atoms with Crippen LogP contribution in [-0.4, -0.2) is 11.2 Å². The van der Waals surface area contributed by atoms with Crippen molar-refractivity contribution >= 4 is 11.7 Å². The molecule has 4 nitrogen and oxygen atoms in total. The van der Waals surface area contributed by atoms with Gasteiger partial charge in [0, 0.05) is 0 Å². The maximum atomic E-state index is 13.9. The zero-order valence-corrected chi connectivity index (χ0v) is 21.1. The molecule has 0 atom stereocenters. The quantitative estimate of drug-likeness (QED) is 0.142. The molecule has 32 heavy (non-hydrogen) atoms. The molecule has 0 saturated carbocycles. The van der Waals surface area contributed by atoms with Crippen LogP contribution in [0.5, 0.6) is 5.75 Å². The second kappa shape index (κ2) is 20.2. The Labute approximate surface area is 193 Å². The Hall–Kier alpha value is -2.73. The molecular formula is C26H41F2NO3. The first kappa shape index (κ1) is 33.9. The minimum Gasteiger partial charge on any atom is -0.421 e. The summed E-state index contributed by atoms with van der Waals surface area (Å²) in [5.74, 6) is -2.88. The molecule has 0 radical (unpaired) electrons. The van der Waals surface area contributed by atoms with Gasteiger partial charge < -0.3 is 4.74 Å². The van der Waals surface area contributed by atoms with Crippen LogP contribution in [-0.2, 0) is 4.79 Å². The molecule has 0 heterocycles. The van der Waals surface area contributed by atoms with Crippen molar-refractivity contribution in [2.75, 3.05) is 5.48 Å². The molecule has 1 rings (SSSR count). The van der Waals surface area contributed by atoms with Crippen molar-refractivity contribution in [1.29, 1.82) is 0 Å². The summed E-state index contributed by atoms with van der Waals surface area (Å²) in [6.07, 6.45) is 2.67. The van der Waals surface area contributed by atoms with Crippen LogP contribution >= 0.6 is 0 Å². The van der Waals surface area contributed by atoms with Gasteiger partial charge in [-0.1, -0.05) is 93.7 Å². The molecular weight excluding hydrogens is 412 g/mol. The van der Waals surface area contributed by atoms with Crippen LogP contribution in [0.1, 0.15) is 73.8 Å². The zero-order chi connectivity index (χ0) is 25.9. The fourth-order valence-electron chi connectivity index (χ4n) is 1.80. The molecule has 1 aromatic rings. The van der Waals surface area contributed by atoms with E-state index in [1.165, 1.54) is 12.1 Å². The van der Waals surface area contributed by atoms with Crippen molar-refractivity contribution in [3.05, 3.63) is 72.4 Å². The number of ether oxygens (including phenoxy) is 1. The Bertz CT molecular complexity index is 749. The Morgan fingerprint density at radius 2 is 1.56 bits per heavy atom. The summed E-state index contributed by atoms with van der Waals surface area (Å²) >= 11 is 0. The highest BCUT2D eigenvalue weighted by molar-refractivity contribution is 5.94. The van der Waals surface area contributed by atoms with E-state index in [0.29, 0.717) is 0 Å². The SMILES string of the molecule is C=C/C=C(F)\C(F)=C(/C=C)C(=O)Oc1cc(C(C)C)ccc1NO.CC.CC.CC(C)C. The largest absolute Gasteiger partial charge is 0.421 e. The molecule has 6 heteroatoms. The average Bonchev–Trinajstić information content (AvgIpc) is 2.76. The van der Waals surface area contributed by atoms with Crippen molar-refractivity contribution in [2.24, 2.45) is 5.92 Å². The number of halogens is 2. The van der Waals surface area contributed by atoms with Crippen molar-refractivity contribution in [3.8, 4) is 5.75 Å². The molecule has 182 valence electrons. The lowest BCUT2D eigenvalue weighted by Gasteiger charge is -2.13. The number of hydrogen-bond acceptors (Lipinski definition) is 4. The highest BCUT2D eigenvalue weighted by atomic mass is 19.2. The topological polar surface area (TPSA) is 58.6 Å². The van der Waals surface area contributed by atoms with Gasteiger partial charge in [-0.2, -0.15) is 0 Å². The normalized spacial score (nSPS) is 10.9. The predicted molar refractivity (Wildman–Crippen MR) is 133 cm³/mol. The first-order valence-corrected chi connectivity index (χ1v) is 10.9. The standard InChI is InChI=1S/C18H19F2NO3.C4H10.2C2H6/c1-5-7-14(19)17(20)13(6-2)18(22)24-16-10-12(11(3)4)8-9-15(16)21-23;1-4(2)3;2*1-2/h5-11,21,23H,1-2H2,3-4H3;4H,1-3H3;2*1-2H3/b14-7+,17-13-;;;. The Morgan fingerprint density at radius 1 is 1.06 bits per heavy atom. The van der Waals surface area contributed by atoms with Gasteiger partial charge in [-0.05, 0) is 35.6 Å². The van der Waals surface area contributed by atoms with E-state index in [4.69, 9.17) is 9.94 Å². The number of nitrogens with one attached hydrogen (secondary N) is 1.